The van der Waals surface area contributed by atoms with Gasteiger partial charge in [0.25, 0.3) is 0 Å². The molecule has 78 valence electrons. The molecule has 1 rings (SSSR count). The standard InChI is InChI=1S/C12H20N2/c1-10(13)7-12(2,3)8-11-5-4-6-14-9-11/h4-6,9-10H,7-8,13H2,1-3H3. The predicted molar refractivity (Wildman–Crippen MR) is 60.0 cm³/mol. The Kier molecular flexibility index (Phi) is 3.64. The number of nitrogens with two attached hydrogens (primary N) is 1. The van der Waals surface area contributed by atoms with Crippen molar-refractivity contribution in [2.75, 3.05) is 0 Å². The summed E-state index contributed by atoms with van der Waals surface area (Å²) >= 11 is 0. The van der Waals surface area contributed by atoms with Gasteiger partial charge in [0.05, 0.1) is 0 Å². The van der Waals surface area contributed by atoms with Crippen molar-refractivity contribution in [2.24, 2.45) is 11.1 Å². The number of aromatic nitrogens is 1. The zero-order valence-electron chi connectivity index (χ0n) is 9.33. The summed E-state index contributed by atoms with van der Waals surface area (Å²) in [6, 6.07) is 4.37. The van der Waals surface area contributed by atoms with Gasteiger partial charge in [-0.3, -0.25) is 4.98 Å². The predicted octanol–water partition coefficient (Wildman–Crippen LogP) is 2.39. The van der Waals surface area contributed by atoms with Crippen molar-refractivity contribution in [1.82, 2.24) is 4.98 Å². The third-order valence-corrected chi connectivity index (χ3v) is 2.28. The molecule has 14 heavy (non-hydrogen) atoms. The molecule has 0 bridgehead atoms. The molecule has 0 fully saturated rings. The van der Waals surface area contributed by atoms with Gasteiger partial charge in [-0.2, -0.15) is 0 Å². The number of rotatable bonds is 4. The molecule has 0 saturated carbocycles. The van der Waals surface area contributed by atoms with Crippen LogP contribution in [0.5, 0.6) is 0 Å². The van der Waals surface area contributed by atoms with Gasteiger partial charge < -0.3 is 5.73 Å². The van der Waals surface area contributed by atoms with E-state index in [1.165, 1.54) is 5.56 Å². The Hall–Kier alpha value is -0.890. The topological polar surface area (TPSA) is 38.9 Å². The highest BCUT2D eigenvalue weighted by Gasteiger charge is 2.19. The van der Waals surface area contributed by atoms with Crippen LogP contribution in [0.3, 0.4) is 0 Å². The Balaban J connectivity index is 2.59. The van der Waals surface area contributed by atoms with E-state index in [9.17, 15) is 0 Å². The van der Waals surface area contributed by atoms with Crippen LogP contribution in [-0.2, 0) is 6.42 Å². The van der Waals surface area contributed by atoms with Crippen LogP contribution in [0.2, 0.25) is 0 Å². The number of pyridine rings is 1. The molecular formula is C12H20N2. The normalized spacial score (nSPS) is 14.0. The lowest BCUT2D eigenvalue weighted by Gasteiger charge is -2.26. The Labute approximate surface area is 86.5 Å². The molecule has 1 aromatic heterocycles. The number of hydrogen-bond acceptors (Lipinski definition) is 2. The second-order valence-electron chi connectivity index (χ2n) is 4.88. The first-order valence-electron chi connectivity index (χ1n) is 5.14. The molecule has 1 heterocycles. The molecule has 0 amide bonds. The van der Waals surface area contributed by atoms with E-state index in [-0.39, 0.29) is 11.5 Å². The highest BCUT2D eigenvalue weighted by Crippen LogP contribution is 2.26. The van der Waals surface area contributed by atoms with Crippen LogP contribution in [0.1, 0.15) is 32.8 Å². The maximum atomic E-state index is 5.82. The fraction of sp³-hybridized carbons (Fsp3) is 0.583. The first-order valence-corrected chi connectivity index (χ1v) is 5.14. The molecule has 0 spiro atoms. The number of hydrogen-bond donors (Lipinski definition) is 1. The van der Waals surface area contributed by atoms with E-state index < -0.39 is 0 Å². The molecule has 1 aromatic rings. The highest BCUT2D eigenvalue weighted by atomic mass is 14.6. The van der Waals surface area contributed by atoms with Crippen LogP contribution >= 0.6 is 0 Å². The Morgan fingerprint density at radius 1 is 1.50 bits per heavy atom. The van der Waals surface area contributed by atoms with Crippen LogP contribution in [0, 0.1) is 5.41 Å². The lowest BCUT2D eigenvalue weighted by atomic mass is 9.81. The van der Waals surface area contributed by atoms with Crippen LogP contribution in [0.15, 0.2) is 24.5 Å². The maximum absolute atomic E-state index is 5.82. The summed E-state index contributed by atoms with van der Waals surface area (Å²) in [6.07, 6.45) is 5.83. The second kappa shape index (κ2) is 4.56. The highest BCUT2D eigenvalue weighted by molar-refractivity contribution is 5.10. The van der Waals surface area contributed by atoms with E-state index in [0.29, 0.717) is 0 Å². The lowest BCUT2D eigenvalue weighted by Crippen LogP contribution is -2.26. The summed E-state index contributed by atoms with van der Waals surface area (Å²) in [7, 11) is 0. The summed E-state index contributed by atoms with van der Waals surface area (Å²) in [4.78, 5) is 4.12. The summed E-state index contributed by atoms with van der Waals surface area (Å²) < 4.78 is 0. The second-order valence-corrected chi connectivity index (χ2v) is 4.88. The molecule has 1 atom stereocenters. The zero-order valence-corrected chi connectivity index (χ0v) is 9.33. The van der Waals surface area contributed by atoms with Crippen molar-refractivity contribution in [1.29, 1.82) is 0 Å². The van der Waals surface area contributed by atoms with Gasteiger partial charge in [-0.15, -0.1) is 0 Å². The van der Waals surface area contributed by atoms with E-state index in [0.717, 1.165) is 12.8 Å². The molecule has 2 nitrogen and oxygen atoms in total. The van der Waals surface area contributed by atoms with E-state index in [4.69, 9.17) is 5.73 Å². The minimum atomic E-state index is 0.261. The van der Waals surface area contributed by atoms with Crippen molar-refractivity contribution in [3.05, 3.63) is 30.1 Å². The van der Waals surface area contributed by atoms with Gasteiger partial charge in [-0.25, -0.2) is 0 Å². The molecular weight excluding hydrogens is 172 g/mol. The fourth-order valence-corrected chi connectivity index (χ4v) is 2.00. The molecule has 2 N–H and O–H groups in total. The molecule has 0 aliphatic rings. The monoisotopic (exact) mass is 192 g/mol. The summed E-state index contributed by atoms with van der Waals surface area (Å²) in [5, 5.41) is 0. The van der Waals surface area contributed by atoms with Crippen LogP contribution < -0.4 is 5.73 Å². The van der Waals surface area contributed by atoms with E-state index in [1.54, 1.807) is 0 Å². The van der Waals surface area contributed by atoms with Crippen LogP contribution in [-0.4, -0.2) is 11.0 Å². The average Bonchev–Trinajstić information content (AvgIpc) is 2.02. The molecule has 2 heteroatoms. The van der Waals surface area contributed by atoms with Crippen LogP contribution in [0.25, 0.3) is 0 Å². The van der Waals surface area contributed by atoms with Gasteiger partial charge in [-0.05, 0) is 36.8 Å². The number of nitrogens with zero attached hydrogens (tertiary/aromatic N) is 1. The van der Waals surface area contributed by atoms with Gasteiger partial charge in [0.2, 0.25) is 0 Å². The Bertz CT molecular complexity index is 265. The third-order valence-electron chi connectivity index (χ3n) is 2.28. The molecule has 1 unspecified atom stereocenters. The Morgan fingerprint density at radius 3 is 2.71 bits per heavy atom. The SMILES string of the molecule is CC(N)CC(C)(C)Cc1cccnc1. The molecule has 0 aliphatic heterocycles. The van der Waals surface area contributed by atoms with E-state index in [1.807, 2.05) is 18.5 Å². The zero-order chi connectivity index (χ0) is 10.6. The minimum Gasteiger partial charge on any atom is -0.328 e. The van der Waals surface area contributed by atoms with Gasteiger partial charge >= 0.3 is 0 Å². The lowest BCUT2D eigenvalue weighted by molar-refractivity contribution is 0.309. The van der Waals surface area contributed by atoms with Crippen molar-refractivity contribution in [2.45, 2.75) is 39.7 Å². The summed E-state index contributed by atoms with van der Waals surface area (Å²) in [5.41, 5.74) is 7.37. The third kappa shape index (κ3) is 3.88. The smallest absolute Gasteiger partial charge is 0.0300 e. The van der Waals surface area contributed by atoms with Gasteiger partial charge in [0.1, 0.15) is 0 Å². The van der Waals surface area contributed by atoms with Crippen molar-refractivity contribution in [3.8, 4) is 0 Å². The average molecular weight is 192 g/mol. The van der Waals surface area contributed by atoms with Crippen molar-refractivity contribution in [3.63, 3.8) is 0 Å². The molecule has 0 radical (unpaired) electrons. The summed E-state index contributed by atoms with van der Waals surface area (Å²) in [6.45, 7) is 6.57. The first-order chi connectivity index (χ1) is 6.49. The van der Waals surface area contributed by atoms with Gasteiger partial charge in [0, 0.05) is 18.4 Å². The largest absolute Gasteiger partial charge is 0.328 e. The van der Waals surface area contributed by atoms with E-state index >= 15 is 0 Å². The van der Waals surface area contributed by atoms with Gasteiger partial charge in [-0.1, -0.05) is 19.9 Å². The molecule has 0 aromatic carbocycles. The van der Waals surface area contributed by atoms with Crippen molar-refractivity contribution >= 4 is 0 Å². The summed E-state index contributed by atoms with van der Waals surface area (Å²) in [5.74, 6) is 0. The van der Waals surface area contributed by atoms with E-state index in [2.05, 4.69) is 31.8 Å². The van der Waals surface area contributed by atoms with Gasteiger partial charge in [0.15, 0.2) is 0 Å². The maximum Gasteiger partial charge on any atom is 0.0300 e. The minimum absolute atomic E-state index is 0.261. The molecule has 0 aliphatic carbocycles. The molecule has 0 saturated heterocycles. The quantitative estimate of drug-likeness (QED) is 0.795. The fourth-order valence-electron chi connectivity index (χ4n) is 2.00. The Morgan fingerprint density at radius 2 is 2.21 bits per heavy atom. The first kappa shape index (κ1) is 11.2. The van der Waals surface area contributed by atoms with Crippen LogP contribution in [0.4, 0.5) is 0 Å². The van der Waals surface area contributed by atoms with Crippen molar-refractivity contribution < 1.29 is 0 Å².